The van der Waals surface area contributed by atoms with E-state index in [-0.39, 0.29) is 5.91 Å². The van der Waals surface area contributed by atoms with Crippen LogP contribution in [0.15, 0.2) is 48.7 Å². The number of benzene rings is 2. The molecule has 1 aliphatic heterocycles. The molecule has 1 aromatic heterocycles. The van der Waals surface area contributed by atoms with E-state index in [4.69, 9.17) is 4.74 Å². The van der Waals surface area contributed by atoms with Crippen molar-refractivity contribution in [3.8, 4) is 5.75 Å². The van der Waals surface area contributed by atoms with Gasteiger partial charge in [0, 0.05) is 23.5 Å². The van der Waals surface area contributed by atoms with Crippen molar-refractivity contribution in [2.75, 3.05) is 26.7 Å². The van der Waals surface area contributed by atoms with Gasteiger partial charge in [0.05, 0.1) is 25.4 Å². The SMILES string of the molecule is COc1cccc(Cn2ncc3ccc(C(=O)NCC[C@H](C)N4CCCCCC4)cc32)c1. The van der Waals surface area contributed by atoms with Gasteiger partial charge in [0.25, 0.3) is 5.91 Å². The lowest BCUT2D eigenvalue weighted by Gasteiger charge is -2.27. The van der Waals surface area contributed by atoms with E-state index in [1.807, 2.05) is 47.3 Å². The Labute approximate surface area is 190 Å². The van der Waals surface area contributed by atoms with E-state index in [9.17, 15) is 4.79 Å². The Hall–Kier alpha value is -2.86. The molecule has 1 saturated heterocycles. The van der Waals surface area contributed by atoms with E-state index in [1.165, 1.54) is 38.8 Å². The first-order valence-electron chi connectivity index (χ1n) is 11.7. The average Bonchev–Trinajstić information content (AvgIpc) is 3.02. The van der Waals surface area contributed by atoms with Crippen molar-refractivity contribution in [1.82, 2.24) is 20.0 Å². The molecule has 0 aliphatic carbocycles. The number of hydrogen-bond acceptors (Lipinski definition) is 4. The minimum Gasteiger partial charge on any atom is -0.497 e. The number of amides is 1. The number of likely N-dealkylation sites (tertiary alicyclic amines) is 1. The highest BCUT2D eigenvalue weighted by atomic mass is 16.5. The quantitative estimate of drug-likeness (QED) is 0.568. The van der Waals surface area contributed by atoms with Gasteiger partial charge in [-0.1, -0.05) is 31.0 Å². The van der Waals surface area contributed by atoms with Crippen LogP contribution in [0.4, 0.5) is 0 Å². The first kappa shape index (κ1) is 22.3. The summed E-state index contributed by atoms with van der Waals surface area (Å²) in [6.07, 6.45) is 8.09. The maximum Gasteiger partial charge on any atom is 0.251 e. The standard InChI is InChI=1S/C26H34N4O2/c1-20(29-14-5-3-4-6-15-29)12-13-27-26(31)22-10-11-23-18-28-30(25(23)17-22)19-21-8-7-9-24(16-21)32-2/h7-11,16-18,20H,3-6,12-15,19H2,1-2H3,(H,27,31)/t20-/m0/s1. The molecule has 0 radical (unpaired) electrons. The maximum absolute atomic E-state index is 12.8. The van der Waals surface area contributed by atoms with Gasteiger partial charge < -0.3 is 15.0 Å². The van der Waals surface area contributed by atoms with E-state index >= 15 is 0 Å². The fraction of sp³-hybridized carbons (Fsp3) is 0.462. The predicted molar refractivity (Wildman–Crippen MR) is 128 cm³/mol. The monoisotopic (exact) mass is 434 g/mol. The summed E-state index contributed by atoms with van der Waals surface area (Å²) in [5, 5.41) is 8.67. The van der Waals surface area contributed by atoms with Crippen molar-refractivity contribution < 1.29 is 9.53 Å². The lowest BCUT2D eigenvalue weighted by Crippen LogP contribution is -2.37. The van der Waals surface area contributed by atoms with Crippen molar-refractivity contribution in [1.29, 1.82) is 0 Å². The molecule has 6 nitrogen and oxygen atoms in total. The van der Waals surface area contributed by atoms with Gasteiger partial charge in [-0.2, -0.15) is 5.10 Å². The van der Waals surface area contributed by atoms with Gasteiger partial charge in [-0.05, 0) is 69.1 Å². The highest BCUT2D eigenvalue weighted by Crippen LogP contribution is 2.19. The number of aromatic nitrogens is 2. The van der Waals surface area contributed by atoms with Gasteiger partial charge in [0.15, 0.2) is 0 Å². The number of rotatable bonds is 8. The molecule has 0 unspecified atom stereocenters. The van der Waals surface area contributed by atoms with Crippen LogP contribution in [-0.4, -0.2) is 53.4 Å². The lowest BCUT2D eigenvalue weighted by molar-refractivity contribution is 0.0948. The summed E-state index contributed by atoms with van der Waals surface area (Å²) in [6.45, 7) is 5.96. The molecular formula is C26H34N4O2. The number of methoxy groups -OCH3 is 1. The molecule has 170 valence electrons. The summed E-state index contributed by atoms with van der Waals surface area (Å²) < 4.78 is 7.26. The van der Waals surface area contributed by atoms with Crippen LogP contribution in [0.5, 0.6) is 5.75 Å². The van der Waals surface area contributed by atoms with E-state index in [1.54, 1.807) is 7.11 Å². The Balaban J connectivity index is 1.38. The number of hydrogen-bond donors (Lipinski definition) is 1. The van der Waals surface area contributed by atoms with Crippen LogP contribution in [0.2, 0.25) is 0 Å². The van der Waals surface area contributed by atoms with Gasteiger partial charge in [-0.3, -0.25) is 9.48 Å². The molecule has 0 saturated carbocycles. The number of nitrogens with one attached hydrogen (secondary N) is 1. The van der Waals surface area contributed by atoms with Gasteiger partial charge in [0.1, 0.15) is 5.75 Å². The zero-order valence-corrected chi connectivity index (χ0v) is 19.2. The third-order valence-corrected chi connectivity index (χ3v) is 6.49. The number of nitrogens with zero attached hydrogens (tertiary/aromatic N) is 3. The second kappa shape index (κ2) is 10.6. The summed E-state index contributed by atoms with van der Waals surface area (Å²) in [4.78, 5) is 15.4. The second-order valence-corrected chi connectivity index (χ2v) is 8.77. The first-order valence-corrected chi connectivity index (χ1v) is 11.7. The third kappa shape index (κ3) is 5.49. The minimum atomic E-state index is -0.0240. The third-order valence-electron chi connectivity index (χ3n) is 6.49. The summed E-state index contributed by atoms with van der Waals surface area (Å²) in [5.74, 6) is 0.803. The smallest absolute Gasteiger partial charge is 0.251 e. The first-order chi connectivity index (χ1) is 15.6. The zero-order chi connectivity index (χ0) is 22.3. The zero-order valence-electron chi connectivity index (χ0n) is 19.2. The molecule has 0 spiro atoms. The Morgan fingerprint density at radius 3 is 2.72 bits per heavy atom. The molecule has 0 bridgehead atoms. The minimum absolute atomic E-state index is 0.0240. The van der Waals surface area contributed by atoms with E-state index < -0.39 is 0 Å². The van der Waals surface area contributed by atoms with E-state index in [0.717, 1.165) is 28.6 Å². The number of ether oxygens (including phenoxy) is 1. The number of carbonyl (C=O) groups excluding carboxylic acids is 1. The molecule has 1 N–H and O–H groups in total. The number of fused-ring (bicyclic) bond motifs is 1. The normalized spacial score (nSPS) is 15.9. The van der Waals surface area contributed by atoms with Crippen LogP contribution >= 0.6 is 0 Å². The summed E-state index contributed by atoms with van der Waals surface area (Å²) in [6, 6.07) is 14.3. The molecule has 6 heteroatoms. The molecule has 2 heterocycles. The maximum atomic E-state index is 12.8. The molecule has 4 rings (SSSR count). The van der Waals surface area contributed by atoms with Crippen molar-refractivity contribution in [2.45, 2.75) is 51.6 Å². The molecule has 1 aliphatic rings. The summed E-state index contributed by atoms with van der Waals surface area (Å²) >= 11 is 0. The Kier molecular flexibility index (Phi) is 7.43. The van der Waals surface area contributed by atoms with Gasteiger partial charge in [-0.25, -0.2) is 0 Å². The highest BCUT2D eigenvalue weighted by Gasteiger charge is 2.16. The van der Waals surface area contributed by atoms with Crippen LogP contribution in [-0.2, 0) is 6.54 Å². The Morgan fingerprint density at radius 2 is 1.94 bits per heavy atom. The van der Waals surface area contributed by atoms with Gasteiger partial charge >= 0.3 is 0 Å². The van der Waals surface area contributed by atoms with E-state index in [0.29, 0.717) is 24.7 Å². The molecule has 1 atom stereocenters. The van der Waals surface area contributed by atoms with Crippen LogP contribution < -0.4 is 10.1 Å². The van der Waals surface area contributed by atoms with Crippen LogP contribution in [0, 0.1) is 0 Å². The second-order valence-electron chi connectivity index (χ2n) is 8.77. The van der Waals surface area contributed by atoms with Crippen molar-refractivity contribution in [2.24, 2.45) is 0 Å². The number of carbonyl (C=O) groups is 1. The molecule has 3 aromatic rings. The molecular weight excluding hydrogens is 400 g/mol. The van der Waals surface area contributed by atoms with Crippen molar-refractivity contribution in [3.05, 3.63) is 59.8 Å². The van der Waals surface area contributed by atoms with Gasteiger partial charge in [-0.15, -0.1) is 0 Å². The fourth-order valence-corrected chi connectivity index (χ4v) is 4.50. The Morgan fingerprint density at radius 1 is 1.12 bits per heavy atom. The largest absolute Gasteiger partial charge is 0.497 e. The summed E-state index contributed by atoms with van der Waals surface area (Å²) in [5.41, 5.74) is 2.73. The Bertz CT molecular complexity index is 1040. The van der Waals surface area contributed by atoms with Crippen LogP contribution in [0.25, 0.3) is 10.9 Å². The average molecular weight is 435 g/mol. The topological polar surface area (TPSA) is 59.4 Å². The van der Waals surface area contributed by atoms with Crippen molar-refractivity contribution in [3.63, 3.8) is 0 Å². The molecule has 2 aromatic carbocycles. The molecule has 1 amide bonds. The summed E-state index contributed by atoms with van der Waals surface area (Å²) in [7, 11) is 1.67. The van der Waals surface area contributed by atoms with Crippen molar-refractivity contribution >= 4 is 16.8 Å². The lowest BCUT2D eigenvalue weighted by atomic mass is 10.1. The van der Waals surface area contributed by atoms with Gasteiger partial charge in [0.2, 0.25) is 0 Å². The molecule has 32 heavy (non-hydrogen) atoms. The highest BCUT2D eigenvalue weighted by molar-refractivity contribution is 5.97. The van der Waals surface area contributed by atoms with Crippen LogP contribution in [0.3, 0.4) is 0 Å². The molecule has 1 fully saturated rings. The van der Waals surface area contributed by atoms with E-state index in [2.05, 4.69) is 28.3 Å². The predicted octanol–water partition coefficient (Wildman–Crippen LogP) is 4.48. The van der Waals surface area contributed by atoms with Crippen LogP contribution in [0.1, 0.15) is 54.9 Å². The fourth-order valence-electron chi connectivity index (χ4n) is 4.50.